The lowest BCUT2D eigenvalue weighted by atomic mass is 10.1. The van der Waals surface area contributed by atoms with E-state index in [4.69, 9.17) is 5.84 Å². The van der Waals surface area contributed by atoms with Crippen molar-refractivity contribution in [1.29, 1.82) is 0 Å². The zero-order chi connectivity index (χ0) is 8.55. The van der Waals surface area contributed by atoms with Crippen LogP contribution in [0.25, 0.3) is 0 Å². The van der Waals surface area contributed by atoms with E-state index >= 15 is 0 Å². The molecule has 0 bridgehead atoms. The van der Waals surface area contributed by atoms with Crippen LogP contribution in [0.15, 0.2) is 12.1 Å². The van der Waals surface area contributed by atoms with Gasteiger partial charge in [0, 0.05) is 0 Å². The largest absolute Gasteiger partial charge is 0.324 e. The molecule has 0 aliphatic heterocycles. The highest BCUT2D eigenvalue weighted by Crippen LogP contribution is 2.30. The predicted molar refractivity (Wildman–Crippen MR) is 46.2 cm³/mol. The Morgan fingerprint density at radius 2 is 2.00 bits per heavy atom. The van der Waals surface area contributed by atoms with E-state index in [1.54, 1.807) is 6.07 Å². The van der Waals surface area contributed by atoms with Crippen molar-refractivity contribution in [3.63, 3.8) is 0 Å². The molecule has 1 aliphatic carbocycles. The molecule has 3 N–H and O–H groups in total. The van der Waals surface area contributed by atoms with E-state index in [0.29, 0.717) is 0 Å². The second-order valence-corrected chi connectivity index (χ2v) is 3.05. The van der Waals surface area contributed by atoms with Gasteiger partial charge in [-0.15, -0.1) is 0 Å². The minimum atomic E-state index is -0.0958. The third kappa shape index (κ3) is 0.975. The fraction of sp³-hybridized carbons (Fsp3) is 0.333. The van der Waals surface area contributed by atoms with Gasteiger partial charge in [0.2, 0.25) is 0 Å². The van der Waals surface area contributed by atoms with E-state index in [0.717, 1.165) is 36.1 Å². The summed E-state index contributed by atoms with van der Waals surface area (Å²) in [6.07, 6.45) is 2.81. The third-order valence-corrected chi connectivity index (χ3v) is 2.38. The average molecular weight is 166 g/mol. The Hall–Kier alpha value is -1.09. The number of fused-ring (bicyclic) bond motifs is 1. The van der Waals surface area contributed by atoms with Crippen molar-refractivity contribution in [2.45, 2.75) is 19.3 Å². The van der Waals surface area contributed by atoms with Gasteiger partial charge in [-0.2, -0.15) is 0 Å². The molecule has 12 heavy (non-hydrogen) atoms. The fourth-order valence-corrected chi connectivity index (χ4v) is 1.80. The Kier molecular flexibility index (Phi) is 1.73. The van der Waals surface area contributed by atoms with Crippen molar-refractivity contribution in [2.75, 3.05) is 5.43 Å². The van der Waals surface area contributed by atoms with Gasteiger partial charge in [0.05, 0.1) is 5.69 Å². The molecule has 64 valence electrons. The lowest BCUT2D eigenvalue weighted by Crippen LogP contribution is -2.09. The summed E-state index contributed by atoms with van der Waals surface area (Å²) in [4.78, 5) is 0. The Labute approximate surface area is 70.5 Å². The maximum absolute atomic E-state index is 13.1. The van der Waals surface area contributed by atoms with Crippen LogP contribution in [0.1, 0.15) is 17.5 Å². The van der Waals surface area contributed by atoms with Gasteiger partial charge >= 0.3 is 0 Å². The van der Waals surface area contributed by atoms with Gasteiger partial charge in [-0.25, -0.2) is 4.39 Å². The molecular weight excluding hydrogens is 155 g/mol. The number of nitrogens with two attached hydrogens (primary N) is 1. The first-order valence-electron chi connectivity index (χ1n) is 4.10. The monoisotopic (exact) mass is 166 g/mol. The van der Waals surface area contributed by atoms with Crippen LogP contribution in [-0.2, 0) is 12.8 Å². The Morgan fingerprint density at radius 3 is 2.75 bits per heavy atom. The number of nitrogens with one attached hydrogen (secondary N) is 1. The molecule has 0 saturated carbocycles. The van der Waals surface area contributed by atoms with Crippen molar-refractivity contribution in [1.82, 2.24) is 0 Å². The van der Waals surface area contributed by atoms with Crippen LogP contribution in [0.3, 0.4) is 0 Å². The number of hydrazine groups is 1. The van der Waals surface area contributed by atoms with E-state index in [1.807, 2.05) is 0 Å². The molecule has 0 heterocycles. The first-order chi connectivity index (χ1) is 5.83. The van der Waals surface area contributed by atoms with Gasteiger partial charge in [-0.05, 0) is 42.5 Å². The molecule has 2 nitrogen and oxygen atoms in total. The van der Waals surface area contributed by atoms with Crippen molar-refractivity contribution >= 4 is 5.69 Å². The molecule has 0 fully saturated rings. The maximum Gasteiger partial charge on any atom is 0.126 e. The summed E-state index contributed by atoms with van der Waals surface area (Å²) in [5.74, 6) is 5.20. The molecule has 1 aromatic rings. The Bertz CT molecular complexity index is 310. The van der Waals surface area contributed by atoms with Gasteiger partial charge in [0.1, 0.15) is 5.82 Å². The molecular formula is C9H11FN2. The highest BCUT2D eigenvalue weighted by atomic mass is 19.1. The third-order valence-electron chi connectivity index (χ3n) is 2.38. The molecule has 0 amide bonds. The molecule has 0 saturated heterocycles. The highest BCUT2D eigenvalue weighted by Gasteiger charge is 2.17. The molecule has 0 radical (unpaired) electrons. The number of anilines is 1. The second kappa shape index (κ2) is 2.75. The summed E-state index contributed by atoms with van der Waals surface area (Å²) in [6.45, 7) is 0. The first-order valence-corrected chi connectivity index (χ1v) is 4.10. The zero-order valence-electron chi connectivity index (χ0n) is 6.73. The zero-order valence-corrected chi connectivity index (χ0v) is 6.73. The number of rotatable bonds is 1. The summed E-state index contributed by atoms with van der Waals surface area (Å²) in [6, 6.07) is 3.17. The topological polar surface area (TPSA) is 38.0 Å². The van der Waals surface area contributed by atoms with E-state index < -0.39 is 0 Å². The van der Waals surface area contributed by atoms with E-state index in [1.165, 1.54) is 6.07 Å². The maximum atomic E-state index is 13.1. The summed E-state index contributed by atoms with van der Waals surface area (Å²) >= 11 is 0. The molecule has 0 atom stereocenters. The molecule has 3 heteroatoms. The van der Waals surface area contributed by atoms with Crippen molar-refractivity contribution in [3.05, 3.63) is 29.1 Å². The summed E-state index contributed by atoms with van der Waals surface area (Å²) in [7, 11) is 0. The minimum absolute atomic E-state index is 0.0958. The minimum Gasteiger partial charge on any atom is -0.324 e. The summed E-state index contributed by atoms with van der Waals surface area (Å²) < 4.78 is 13.1. The molecule has 0 aromatic heterocycles. The Balaban J connectivity index is 2.57. The molecule has 1 aliphatic rings. The SMILES string of the molecule is NNc1ccc(F)c2c1CCC2. The molecule has 2 rings (SSSR count). The van der Waals surface area contributed by atoms with E-state index in [9.17, 15) is 4.39 Å². The summed E-state index contributed by atoms with van der Waals surface area (Å²) in [5, 5.41) is 0. The van der Waals surface area contributed by atoms with Crippen LogP contribution in [-0.4, -0.2) is 0 Å². The van der Waals surface area contributed by atoms with Gasteiger partial charge < -0.3 is 5.43 Å². The molecule has 0 spiro atoms. The smallest absolute Gasteiger partial charge is 0.126 e. The number of hydrogen-bond donors (Lipinski definition) is 2. The highest BCUT2D eigenvalue weighted by molar-refractivity contribution is 5.56. The number of hydrogen-bond acceptors (Lipinski definition) is 2. The van der Waals surface area contributed by atoms with Crippen molar-refractivity contribution < 1.29 is 4.39 Å². The second-order valence-electron chi connectivity index (χ2n) is 3.05. The van der Waals surface area contributed by atoms with E-state index in [2.05, 4.69) is 5.43 Å². The van der Waals surface area contributed by atoms with E-state index in [-0.39, 0.29) is 5.82 Å². The van der Waals surface area contributed by atoms with Gasteiger partial charge in [0.25, 0.3) is 0 Å². The number of halogens is 1. The normalized spacial score (nSPS) is 14.5. The van der Waals surface area contributed by atoms with Gasteiger partial charge in [0.15, 0.2) is 0 Å². The Morgan fingerprint density at radius 1 is 1.25 bits per heavy atom. The van der Waals surface area contributed by atoms with Crippen LogP contribution in [0.5, 0.6) is 0 Å². The van der Waals surface area contributed by atoms with Crippen molar-refractivity contribution in [3.8, 4) is 0 Å². The first kappa shape index (κ1) is 7.55. The number of benzene rings is 1. The van der Waals surface area contributed by atoms with Crippen LogP contribution in [0.4, 0.5) is 10.1 Å². The van der Waals surface area contributed by atoms with Gasteiger partial charge in [-0.1, -0.05) is 0 Å². The average Bonchev–Trinajstić information content (AvgIpc) is 2.54. The molecule has 0 unspecified atom stereocenters. The van der Waals surface area contributed by atoms with Gasteiger partial charge in [-0.3, -0.25) is 5.84 Å². The van der Waals surface area contributed by atoms with Crippen molar-refractivity contribution in [2.24, 2.45) is 5.84 Å². The van der Waals surface area contributed by atoms with Crippen LogP contribution < -0.4 is 11.3 Å². The van der Waals surface area contributed by atoms with Crippen LogP contribution in [0, 0.1) is 5.82 Å². The predicted octanol–water partition coefficient (Wildman–Crippen LogP) is 1.60. The molecule has 1 aromatic carbocycles. The fourth-order valence-electron chi connectivity index (χ4n) is 1.80. The summed E-state index contributed by atoms with van der Waals surface area (Å²) in [5.41, 5.74) is 5.34. The number of nitrogen functional groups attached to an aromatic ring is 1. The standard InChI is InChI=1S/C9H11FN2/c10-8-4-5-9(12-11)7-3-1-2-6(7)8/h4-5,12H,1-3,11H2. The van der Waals surface area contributed by atoms with Crippen LogP contribution >= 0.6 is 0 Å². The lowest BCUT2D eigenvalue weighted by Gasteiger charge is -2.07. The van der Waals surface area contributed by atoms with Crippen LogP contribution in [0.2, 0.25) is 0 Å². The lowest BCUT2D eigenvalue weighted by molar-refractivity contribution is 0.613. The quantitative estimate of drug-likeness (QED) is 0.491.